The summed E-state index contributed by atoms with van der Waals surface area (Å²) in [6.07, 6.45) is 5.86. The second-order valence-electron chi connectivity index (χ2n) is 12.0. The fourth-order valence-corrected chi connectivity index (χ4v) is 8.13. The Hall–Kier alpha value is -4.00. The highest BCUT2D eigenvalue weighted by molar-refractivity contribution is 7.48. The van der Waals surface area contributed by atoms with Gasteiger partial charge < -0.3 is 4.74 Å². The van der Waals surface area contributed by atoms with Crippen LogP contribution in [0.4, 0.5) is 0 Å². The van der Waals surface area contributed by atoms with Crippen LogP contribution < -0.4 is 10.0 Å². The summed E-state index contributed by atoms with van der Waals surface area (Å²) < 4.78 is 6.97. The molecular weight excluding hydrogens is 567 g/mol. The first kappa shape index (κ1) is 32.4. The number of rotatable bonds is 15. The molecule has 0 heterocycles. The van der Waals surface area contributed by atoms with Crippen molar-refractivity contribution in [2.45, 2.75) is 71.1 Å². The lowest BCUT2D eigenvalue weighted by atomic mass is 9.85. The van der Waals surface area contributed by atoms with Gasteiger partial charge in [0.1, 0.15) is 12.4 Å². The zero-order chi connectivity index (χ0) is 31.5. The van der Waals surface area contributed by atoms with E-state index in [1.165, 1.54) is 27.8 Å². The van der Waals surface area contributed by atoms with Crippen molar-refractivity contribution >= 4 is 19.7 Å². The van der Waals surface area contributed by atoms with Gasteiger partial charge in [0.15, 0.2) is 5.78 Å². The van der Waals surface area contributed by atoms with Gasteiger partial charge in [0.2, 0.25) is 0 Å². The molecule has 2 nitrogen and oxygen atoms in total. The second-order valence-corrected chi connectivity index (χ2v) is 13.7. The third kappa shape index (κ3) is 8.38. The minimum atomic E-state index is -0.175. The van der Waals surface area contributed by atoms with Crippen LogP contribution in [0.1, 0.15) is 90.2 Å². The molecule has 2 atom stereocenters. The molecule has 0 spiro atoms. The Bertz CT molecular complexity index is 1660. The standard InChI is InChI=1S/C42H45O2P/c1-4-6-26-42(5-2,45-40-25-17-16-24-38(40)32(3)43)39-30-36(27-33-18-10-7-11-19-33)29-37(28-34-20-12-8-13-21-34)41(39)44-31-35-22-14-9-15-23-35/h7-25,29-30,45H,4-6,26-28,31H2,1-3H3. The molecule has 0 aliphatic carbocycles. The van der Waals surface area contributed by atoms with Crippen molar-refractivity contribution in [1.29, 1.82) is 0 Å². The SMILES string of the molecule is CCCCC(CC)(Pc1ccccc1C(C)=O)c1cc(Cc2ccccc2)cc(Cc2ccccc2)c1OCc1ccccc1. The average Bonchev–Trinajstić information content (AvgIpc) is 3.07. The Kier molecular flexibility index (Phi) is 11.4. The predicted molar refractivity (Wildman–Crippen MR) is 192 cm³/mol. The highest BCUT2D eigenvalue weighted by Gasteiger charge is 2.35. The molecule has 0 fully saturated rings. The van der Waals surface area contributed by atoms with Crippen LogP contribution in [-0.2, 0) is 24.6 Å². The zero-order valence-electron chi connectivity index (χ0n) is 26.9. The van der Waals surface area contributed by atoms with Gasteiger partial charge in [-0.2, -0.15) is 0 Å². The smallest absolute Gasteiger partial charge is 0.160 e. The summed E-state index contributed by atoms with van der Waals surface area (Å²) in [5, 5.41) is 0.973. The molecule has 0 bridgehead atoms. The first-order chi connectivity index (χ1) is 22.0. The van der Waals surface area contributed by atoms with E-state index in [-0.39, 0.29) is 10.9 Å². The summed E-state index contributed by atoms with van der Waals surface area (Å²) in [7, 11) is 0.440. The minimum absolute atomic E-state index is 0.127. The zero-order valence-corrected chi connectivity index (χ0v) is 27.9. The number of benzene rings is 5. The number of Topliss-reactive ketones (excluding diaryl/α,β-unsaturated/α-hetero) is 1. The first-order valence-corrected chi connectivity index (χ1v) is 17.3. The lowest BCUT2D eigenvalue weighted by Crippen LogP contribution is -2.26. The van der Waals surface area contributed by atoms with Gasteiger partial charge in [-0.3, -0.25) is 4.79 Å². The number of carbonyl (C=O) groups excluding carboxylic acids is 1. The van der Waals surface area contributed by atoms with Gasteiger partial charge in [-0.25, -0.2) is 0 Å². The van der Waals surface area contributed by atoms with E-state index in [2.05, 4.69) is 129 Å². The third-order valence-electron chi connectivity index (χ3n) is 8.70. The molecule has 0 saturated heterocycles. The highest BCUT2D eigenvalue weighted by atomic mass is 31.1. The summed E-state index contributed by atoms with van der Waals surface area (Å²) in [5.74, 6) is 1.13. The number of ether oxygens (including phenoxy) is 1. The number of ketones is 1. The van der Waals surface area contributed by atoms with Crippen LogP contribution in [0.5, 0.6) is 5.75 Å². The molecule has 0 aliphatic heterocycles. The molecule has 45 heavy (non-hydrogen) atoms. The monoisotopic (exact) mass is 612 g/mol. The maximum absolute atomic E-state index is 12.8. The van der Waals surface area contributed by atoms with Gasteiger partial charge in [-0.05, 0) is 59.3 Å². The lowest BCUT2D eigenvalue weighted by Gasteiger charge is -2.37. The topological polar surface area (TPSA) is 26.3 Å². The molecule has 0 aromatic heterocycles. The molecule has 5 aromatic rings. The number of unbranched alkanes of at least 4 members (excludes halogenated alkanes) is 1. The van der Waals surface area contributed by atoms with E-state index in [1.807, 2.05) is 12.1 Å². The van der Waals surface area contributed by atoms with Gasteiger partial charge in [-0.15, -0.1) is 0 Å². The molecule has 2 unspecified atom stereocenters. The van der Waals surface area contributed by atoms with Gasteiger partial charge in [-0.1, -0.05) is 163 Å². The van der Waals surface area contributed by atoms with Gasteiger partial charge >= 0.3 is 0 Å². The highest BCUT2D eigenvalue weighted by Crippen LogP contribution is 2.53. The van der Waals surface area contributed by atoms with Crippen molar-refractivity contribution < 1.29 is 9.53 Å². The van der Waals surface area contributed by atoms with Crippen molar-refractivity contribution in [3.05, 3.63) is 166 Å². The van der Waals surface area contributed by atoms with E-state index in [4.69, 9.17) is 4.74 Å². The van der Waals surface area contributed by atoms with Crippen LogP contribution in [-0.4, -0.2) is 5.78 Å². The summed E-state index contributed by atoms with van der Waals surface area (Å²) in [6.45, 7) is 6.79. The Morgan fingerprint density at radius 2 is 1.27 bits per heavy atom. The quantitative estimate of drug-likeness (QED) is 0.0869. The fraction of sp³-hybridized carbons (Fsp3) is 0.262. The summed E-state index contributed by atoms with van der Waals surface area (Å²) in [4.78, 5) is 12.8. The van der Waals surface area contributed by atoms with Crippen LogP contribution in [0.2, 0.25) is 0 Å². The van der Waals surface area contributed by atoms with E-state index in [0.717, 1.165) is 60.7 Å². The second kappa shape index (κ2) is 15.8. The van der Waals surface area contributed by atoms with E-state index < -0.39 is 0 Å². The molecule has 3 heteroatoms. The minimum Gasteiger partial charge on any atom is -0.488 e. The summed E-state index contributed by atoms with van der Waals surface area (Å²) >= 11 is 0. The molecule has 5 aromatic carbocycles. The Morgan fingerprint density at radius 3 is 1.87 bits per heavy atom. The average molecular weight is 613 g/mol. The molecule has 0 amide bonds. The molecule has 0 aliphatic rings. The Balaban J connectivity index is 1.72. The van der Waals surface area contributed by atoms with Crippen LogP contribution in [0, 0.1) is 0 Å². The third-order valence-corrected chi connectivity index (χ3v) is 10.8. The van der Waals surface area contributed by atoms with Crippen molar-refractivity contribution in [3.8, 4) is 5.75 Å². The number of hydrogen-bond donors (Lipinski definition) is 0. The number of hydrogen-bond acceptors (Lipinski definition) is 2. The van der Waals surface area contributed by atoms with Crippen LogP contribution in [0.15, 0.2) is 127 Å². The van der Waals surface area contributed by atoms with Crippen molar-refractivity contribution in [2.24, 2.45) is 0 Å². The van der Waals surface area contributed by atoms with Gasteiger partial charge in [0.05, 0.1) is 0 Å². The van der Waals surface area contributed by atoms with Gasteiger partial charge in [0.25, 0.3) is 0 Å². The lowest BCUT2D eigenvalue weighted by molar-refractivity contribution is 0.101. The maximum Gasteiger partial charge on any atom is 0.160 e. The van der Waals surface area contributed by atoms with Crippen LogP contribution in [0.3, 0.4) is 0 Å². The van der Waals surface area contributed by atoms with E-state index in [9.17, 15) is 4.79 Å². The van der Waals surface area contributed by atoms with Crippen LogP contribution >= 0.6 is 8.58 Å². The maximum atomic E-state index is 12.8. The summed E-state index contributed by atoms with van der Waals surface area (Å²) in [5.41, 5.74) is 8.36. The van der Waals surface area contributed by atoms with Crippen LogP contribution in [0.25, 0.3) is 0 Å². The molecule has 230 valence electrons. The van der Waals surface area contributed by atoms with Crippen molar-refractivity contribution in [3.63, 3.8) is 0 Å². The predicted octanol–water partition coefficient (Wildman–Crippen LogP) is 10.4. The molecule has 0 saturated carbocycles. The van der Waals surface area contributed by atoms with E-state index >= 15 is 0 Å². The molecule has 0 N–H and O–H groups in total. The Morgan fingerprint density at radius 1 is 0.689 bits per heavy atom. The van der Waals surface area contributed by atoms with Gasteiger partial charge in [0, 0.05) is 22.7 Å². The number of carbonyl (C=O) groups is 1. The first-order valence-electron chi connectivity index (χ1n) is 16.3. The molecule has 0 radical (unpaired) electrons. The normalized spacial score (nSPS) is 12.7. The summed E-state index contributed by atoms with van der Waals surface area (Å²) in [6, 6.07) is 45.0. The molecule has 5 rings (SSSR count). The Labute approximate surface area is 271 Å². The van der Waals surface area contributed by atoms with Crippen molar-refractivity contribution in [1.82, 2.24) is 0 Å². The largest absolute Gasteiger partial charge is 0.488 e. The molecular formula is C42H45O2P. The van der Waals surface area contributed by atoms with E-state index in [1.54, 1.807) is 6.92 Å². The van der Waals surface area contributed by atoms with E-state index in [0.29, 0.717) is 15.2 Å². The fourth-order valence-electron chi connectivity index (χ4n) is 6.25. The van der Waals surface area contributed by atoms with Crippen molar-refractivity contribution in [2.75, 3.05) is 0 Å².